The lowest BCUT2D eigenvalue weighted by Crippen LogP contribution is -2.21. The molecule has 1 amide bonds. The zero-order valence-electron chi connectivity index (χ0n) is 16.3. The lowest BCUT2D eigenvalue weighted by atomic mass is 10.2. The first-order valence-corrected chi connectivity index (χ1v) is 9.23. The van der Waals surface area contributed by atoms with Gasteiger partial charge in [0.1, 0.15) is 18.7 Å². The van der Waals surface area contributed by atoms with E-state index in [1.807, 2.05) is 34.9 Å². The van der Waals surface area contributed by atoms with Crippen molar-refractivity contribution in [3.05, 3.63) is 89.7 Å². The van der Waals surface area contributed by atoms with E-state index < -0.39 is 0 Å². The second-order valence-corrected chi connectivity index (χ2v) is 6.72. The molecule has 0 saturated heterocycles. The third-order valence-electron chi connectivity index (χ3n) is 4.65. The Kier molecular flexibility index (Phi) is 5.27. The standard InChI is InChI=1S/C23H21N3O3/c1-16-3-5-17(6-4-16)14-29-20-10-8-19(9-11-20)26-15-24-21-12-7-18(13-22(21)26)23(27)25-28-2/h3-13,15H,14H2,1-2H3,(H,25,27). The van der Waals surface area contributed by atoms with Crippen LogP contribution in [0.3, 0.4) is 0 Å². The molecule has 1 aromatic heterocycles. The number of benzene rings is 3. The Morgan fingerprint density at radius 3 is 2.52 bits per heavy atom. The summed E-state index contributed by atoms with van der Waals surface area (Å²) in [6.07, 6.45) is 1.74. The largest absolute Gasteiger partial charge is 0.489 e. The third kappa shape index (κ3) is 4.12. The Bertz CT molecular complexity index is 1130. The van der Waals surface area contributed by atoms with Crippen LogP contribution >= 0.6 is 0 Å². The average Bonchev–Trinajstić information content (AvgIpc) is 3.17. The van der Waals surface area contributed by atoms with Gasteiger partial charge >= 0.3 is 0 Å². The van der Waals surface area contributed by atoms with Crippen molar-refractivity contribution < 1.29 is 14.4 Å². The highest BCUT2D eigenvalue weighted by atomic mass is 16.6. The smallest absolute Gasteiger partial charge is 0.274 e. The predicted octanol–water partition coefficient (Wildman–Crippen LogP) is 4.20. The number of rotatable bonds is 6. The van der Waals surface area contributed by atoms with E-state index in [-0.39, 0.29) is 5.91 Å². The van der Waals surface area contributed by atoms with E-state index in [1.165, 1.54) is 12.7 Å². The first-order chi connectivity index (χ1) is 14.1. The molecule has 0 saturated carbocycles. The summed E-state index contributed by atoms with van der Waals surface area (Å²) in [4.78, 5) is 21.1. The Balaban J connectivity index is 1.53. The minimum absolute atomic E-state index is 0.304. The molecule has 6 heteroatoms. The van der Waals surface area contributed by atoms with E-state index in [4.69, 9.17) is 9.57 Å². The van der Waals surface area contributed by atoms with Gasteiger partial charge in [0.05, 0.1) is 18.1 Å². The summed E-state index contributed by atoms with van der Waals surface area (Å²) >= 11 is 0. The molecule has 29 heavy (non-hydrogen) atoms. The fourth-order valence-electron chi connectivity index (χ4n) is 3.06. The van der Waals surface area contributed by atoms with Crippen LogP contribution in [0.15, 0.2) is 73.1 Å². The molecule has 0 fully saturated rings. The molecule has 0 unspecified atom stereocenters. The molecule has 1 heterocycles. The third-order valence-corrected chi connectivity index (χ3v) is 4.65. The van der Waals surface area contributed by atoms with Crippen molar-refractivity contribution in [1.82, 2.24) is 15.0 Å². The van der Waals surface area contributed by atoms with Gasteiger partial charge in [0.25, 0.3) is 5.91 Å². The number of nitrogens with zero attached hydrogens (tertiary/aromatic N) is 2. The molecule has 4 aromatic rings. The number of imidazole rings is 1. The van der Waals surface area contributed by atoms with Crippen LogP contribution in [0.2, 0.25) is 0 Å². The normalized spacial score (nSPS) is 10.8. The highest BCUT2D eigenvalue weighted by Gasteiger charge is 2.10. The van der Waals surface area contributed by atoms with Crippen molar-refractivity contribution in [1.29, 1.82) is 0 Å². The van der Waals surface area contributed by atoms with E-state index in [9.17, 15) is 4.79 Å². The van der Waals surface area contributed by atoms with E-state index >= 15 is 0 Å². The first kappa shape index (κ1) is 18.7. The molecular weight excluding hydrogens is 366 g/mol. The minimum Gasteiger partial charge on any atom is -0.489 e. The van der Waals surface area contributed by atoms with Crippen LogP contribution in [0.1, 0.15) is 21.5 Å². The average molecular weight is 387 g/mol. The quantitative estimate of drug-likeness (QED) is 0.504. The summed E-state index contributed by atoms with van der Waals surface area (Å²) in [6, 6.07) is 21.4. The molecule has 0 spiro atoms. The molecule has 146 valence electrons. The number of carbonyl (C=O) groups excluding carboxylic acids is 1. The van der Waals surface area contributed by atoms with Crippen molar-refractivity contribution in [2.24, 2.45) is 0 Å². The minimum atomic E-state index is -0.304. The molecule has 0 aliphatic rings. The van der Waals surface area contributed by atoms with Gasteiger partial charge in [-0.15, -0.1) is 0 Å². The lowest BCUT2D eigenvalue weighted by Gasteiger charge is -2.09. The zero-order valence-corrected chi connectivity index (χ0v) is 16.3. The summed E-state index contributed by atoms with van der Waals surface area (Å²) in [5.74, 6) is 0.487. The van der Waals surface area contributed by atoms with Crippen molar-refractivity contribution >= 4 is 16.9 Å². The van der Waals surface area contributed by atoms with Gasteiger partial charge in [-0.2, -0.15) is 0 Å². The number of hydroxylamine groups is 1. The van der Waals surface area contributed by atoms with Gasteiger partial charge in [-0.25, -0.2) is 10.5 Å². The molecule has 0 aliphatic carbocycles. The Hall–Kier alpha value is -3.64. The molecule has 0 aliphatic heterocycles. The van der Waals surface area contributed by atoms with Gasteiger partial charge in [0.15, 0.2) is 0 Å². The van der Waals surface area contributed by atoms with Gasteiger partial charge in [0.2, 0.25) is 0 Å². The maximum Gasteiger partial charge on any atom is 0.274 e. The van der Waals surface area contributed by atoms with E-state index in [1.54, 1.807) is 18.5 Å². The topological polar surface area (TPSA) is 65.4 Å². The summed E-state index contributed by atoms with van der Waals surface area (Å²) in [6.45, 7) is 2.59. The van der Waals surface area contributed by atoms with E-state index in [0.29, 0.717) is 12.2 Å². The Morgan fingerprint density at radius 2 is 1.79 bits per heavy atom. The molecule has 3 aromatic carbocycles. The molecule has 6 nitrogen and oxygen atoms in total. The van der Waals surface area contributed by atoms with Crippen molar-refractivity contribution in [3.63, 3.8) is 0 Å². The number of carbonyl (C=O) groups is 1. The number of hydrogen-bond acceptors (Lipinski definition) is 4. The van der Waals surface area contributed by atoms with Gasteiger partial charge in [-0.05, 0) is 55.0 Å². The molecule has 1 N–H and O–H groups in total. The highest BCUT2D eigenvalue weighted by Crippen LogP contribution is 2.22. The number of amides is 1. The van der Waals surface area contributed by atoms with Crippen LogP contribution in [0.5, 0.6) is 5.75 Å². The molecular formula is C23H21N3O3. The number of hydrogen-bond donors (Lipinski definition) is 1. The van der Waals surface area contributed by atoms with Crippen LogP contribution < -0.4 is 10.2 Å². The number of ether oxygens (including phenoxy) is 1. The van der Waals surface area contributed by atoms with Crippen LogP contribution in [0, 0.1) is 6.92 Å². The van der Waals surface area contributed by atoms with Crippen molar-refractivity contribution in [2.45, 2.75) is 13.5 Å². The second kappa shape index (κ2) is 8.16. The number of aromatic nitrogens is 2. The second-order valence-electron chi connectivity index (χ2n) is 6.72. The fraction of sp³-hybridized carbons (Fsp3) is 0.130. The van der Waals surface area contributed by atoms with Crippen LogP contribution in [0.25, 0.3) is 16.7 Å². The maximum absolute atomic E-state index is 12.0. The highest BCUT2D eigenvalue weighted by molar-refractivity contribution is 5.97. The van der Waals surface area contributed by atoms with Gasteiger partial charge < -0.3 is 4.74 Å². The zero-order chi connectivity index (χ0) is 20.2. The fourth-order valence-corrected chi connectivity index (χ4v) is 3.06. The van der Waals surface area contributed by atoms with Crippen molar-refractivity contribution in [3.8, 4) is 11.4 Å². The number of nitrogens with one attached hydrogen (secondary N) is 1. The Labute approximate surface area is 168 Å². The lowest BCUT2D eigenvalue weighted by molar-refractivity contribution is 0.0538. The van der Waals surface area contributed by atoms with Crippen LogP contribution in [-0.2, 0) is 11.4 Å². The van der Waals surface area contributed by atoms with Crippen LogP contribution in [-0.4, -0.2) is 22.6 Å². The number of aryl methyl sites for hydroxylation is 1. The molecule has 4 rings (SSSR count). The SMILES string of the molecule is CONC(=O)c1ccc2ncn(-c3ccc(OCc4ccc(C)cc4)cc3)c2c1. The van der Waals surface area contributed by atoms with Gasteiger partial charge in [-0.3, -0.25) is 14.2 Å². The van der Waals surface area contributed by atoms with Crippen molar-refractivity contribution in [2.75, 3.05) is 7.11 Å². The summed E-state index contributed by atoms with van der Waals surface area (Å²) < 4.78 is 7.81. The summed E-state index contributed by atoms with van der Waals surface area (Å²) in [5.41, 5.74) is 7.76. The predicted molar refractivity (Wildman–Crippen MR) is 111 cm³/mol. The maximum atomic E-state index is 12.0. The van der Waals surface area contributed by atoms with Crippen LogP contribution in [0.4, 0.5) is 0 Å². The summed E-state index contributed by atoms with van der Waals surface area (Å²) in [5, 5.41) is 0. The Morgan fingerprint density at radius 1 is 1.03 bits per heavy atom. The van der Waals surface area contributed by atoms with Gasteiger partial charge in [-0.1, -0.05) is 29.8 Å². The molecule has 0 bridgehead atoms. The first-order valence-electron chi connectivity index (χ1n) is 9.23. The molecule has 0 atom stereocenters. The van der Waals surface area contributed by atoms with Gasteiger partial charge in [0, 0.05) is 11.3 Å². The monoisotopic (exact) mass is 387 g/mol. The van der Waals surface area contributed by atoms with E-state index in [0.717, 1.165) is 28.0 Å². The molecule has 0 radical (unpaired) electrons. The van der Waals surface area contributed by atoms with E-state index in [2.05, 4.69) is 41.7 Å². The summed E-state index contributed by atoms with van der Waals surface area (Å²) in [7, 11) is 1.41. The number of fused-ring (bicyclic) bond motifs is 1.